The number of nitrogens with zero attached hydrogens (tertiary/aromatic N) is 1. The summed E-state index contributed by atoms with van der Waals surface area (Å²) >= 11 is 0. The van der Waals surface area contributed by atoms with E-state index in [1.54, 1.807) is 0 Å². The Morgan fingerprint density at radius 1 is 0.812 bits per heavy atom. The van der Waals surface area contributed by atoms with Gasteiger partial charge in [0, 0.05) is 59.0 Å². The van der Waals surface area contributed by atoms with Crippen molar-refractivity contribution in [2.24, 2.45) is 0 Å². The zero-order chi connectivity index (χ0) is 23.8. The number of halogens is 9. The largest absolute Gasteiger partial charge is 0.507 e. The predicted octanol–water partition coefficient (Wildman–Crippen LogP) is 6.40. The summed E-state index contributed by atoms with van der Waals surface area (Å²) in [5, 5.41) is 18.6. The normalized spacial score (nSPS) is 12.7. The fraction of sp³-hybridized carbons (Fsp3) is 0.158. The van der Waals surface area contributed by atoms with Crippen LogP contribution >= 0.6 is 0 Å². The van der Waals surface area contributed by atoms with E-state index in [0.717, 1.165) is 6.07 Å². The molecular formula is C19H8CeF9NO2. The molecule has 1 N–H and O–H groups in total. The first-order valence-corrected chi connectivity index (χ1v) is 7.90. The topological polar surface area (TPSA) is 61.1 Å². The Labute approximate surface area is 207 Å². The van der Waals surface area contributed by atoms with Gasteiger partial charge in [-0.3, -0.25) is 4.79 Å². The fourth-order valence-corrected chi connectivity index (χ4v) is 2.42. The smallest absolute Gasteiger partial charge is 0.417 e. The Morgan fingerprint density at radius 2 is 1.31 bits per heavy atom. The van der Waals surface area contributed by atoms with E-state index in [1.807, 2.05) is 0 Å². The second-order valence-corrected chi connectivity index (χ2v) is 6.06. The van der Waals surface area contributed by atoms with Crippen molar-refractivity contribution in [3.63, 3.8) is 0 Å². The first-order chi connectivity index (χ1) is 14.0. The number of ketones is 1. The van der Waals surface area contributed by atoms with E-state index in [9.17, 15) is 49.4 Å². The zero-order valence-electron chi connectivity index (χ0n) is 15.2. The third-order valence-electron chi connectivity index (χ3n) is 3.88. The van der Waals surface area contributed by atoms with Crippen LogP contribution in [0, 0.1) is 53.1 Å². The van der Waals surface area contributed by atoms with Crippen molar-refractivity contribution in [3.8, 4) is 6.07 Å². The van der Waals surface area contributed by atoms with Crippen LogP contribution in [0.1, 0.15) is 38.2 Å². The number of nitriles is 1. The first kappa shape index (κ1) is 27.9. The average molecular weight is 593 g/mol. The predicted molar refractivity (Wildman–Crippen MR) is 87.5 cm³/mol. The number of benzene rings is 2. The number of carbonyl (C=O) groups excluding carboxylic acids is 1. The van der Waals surface area contributed by atoms with Crippen LogP contribution in [0.25, 0.3) is 5.76 Å². The monoisotopic (exact) mass is 593 g/mol. The van der Waals surface area contributed by atoms with Gasteiger partial charge in [0.2, 0.25) is 0 Å². The molecule has 13 heteroatoms. The molecule has 3 nitrogen and oxygen atoms in total. The molecule has 0 radical (unpaired) electrons. The molecule has 0 fully saturated rings. The minimum absolute atomic E-state index is 0. The third-order valence-corrected chi connectivity index (χ3v) is 3.88. The molecule has 0 bridgehead atoms. The molecule has 0 aliphatic rings. The molecule has 0 aromatic heterocycles. The summed E-state index contributed by atoms with van der Waals surface area (Å²) in [6.45, 7) is 0. The number of alkyl halides is 9. The van der Waals surface area contributed by atoms with Crippen LogP contribution < -0.4 is 0 Å². The number of hydrogen-bond donors (Lipinski definition) is 1. The molecule has 2 aromatic carbocycles. The summed E-state index contributed by atoms with van der Waals surface area (Å²) in [6.07, 6.45) is -15.3. The Kier molecular flexibility index (Phi) is 8.55. The Hall–Kier alpha value is -2.11. The standard InChI is InChI=1S/C19H8F9NO2.Ce/c20-17(21,22)12-3-11(4-13(6-12)18(23,24)25)16(31)7-15(30)9-1-2-10(8-29)14(5-9)19(26,27)28;/h1-7,30H;/b15-7-;. The fourth-order valence-electron chi connectivity index (χ4n) is 2.42. The van der Waals surface area contributed by atoms with Crippen LogP contribution in [-0.2, 0) is 18.5 Å². The van der Waals surface area contributed by atoms with Crippen molar-refractivity contribution >= 4 is 11.5 Å². The molecule has 2 aromatic rings. The van der Waals surface area contributed by atoms with E-state index >= 15 is 0 Å². The molecule has 0 saturated carbocycles. The maximum absolute atomic E-state index is 13.0. The third kappa shape index (κ3) is 6.69. The maximum Gasteiger partial charge on any atom is 0.417 e. The van der Waals surface area contributed by atoms with Gasteiger partial charge in [-0.1, -0.05) is 0 Å². The number of rotatable bonds is 3. The quantitative estimate of drug-likeness (QED) is 0.194. The molecule has 0 unspecified atom stereocenters. The van der Waals surface area contributed by atoms with Crippen LogP contribution in [0.15, 0.2) is 42.5 Å². The number of allylic oxidation sites excluding steroid dienone is 1. The van der Waals surface area contributed by atoms with Crippen LogP contribution in [0.4, 0.5) is 39.5 Å². The van der Waals surface area contributed by atoms with Gasteiger partial charge < -0.3 is 5.11 Å². The van der Waals surface area contributed by atoms with Crippen molar-refractivity contribution < 1.29 is 91.2 Å². The van der Waals surface area contributed by atoms with E-state index in [2.05, 4.69) is 0 Å². The molecule has 32 heavy (non-hydrogen) atoms. The summed E-state index contributed by atoms with van der Waals surface area (Å²) < 4.78 is 116. The van der Waals surface area contributed by atoms with Crippen molar-refractivity contribution in [1.82, 2.24) is 0 Å². The van der Waals surface area contributed by atoms with Crippen LogP contribution in [0.2, 0.25) is 0 Å². The number of aliphatic hydroxyl groups is 1. The molecule has 2 rings (SSSR count). The maximum atomic E-state index is 13.0. The molecule has 0 heterocycles. The molecule has 0 saturated heterocycles. The molecule has 0 spiro atoms. The summed E-state index contributed by atoms with van der Waals surface area (Å²) in [4.78, 5) is 12.1. The number of carbonyl (C=O) groups is 1. The molecule has 168 valence electrons. The van der Waals surface area contributed by atoms with Gasteiger partial charge in [0.25, 0.3) is 0 Å². The zero-order valence-corrected chi connectivity index (χ0v) is 18.4. The van der Waals surface area contributed by atoms with Gasteiger partial charge in [-0.05, 0) is 36.4 Å². The first-order valence-electron chi connectivity index (χ1n) is 7.90. The summed E-state index contributed by atoms with van der Waals surface area (Å²) in [5.41, 5.74) is -7.56. The second kappa shape index (κ2) is 9.80. The minimum Gasteiger partial charge on any atom is -0.507 e. The van der Waals surface area contributed by atoms with Gasteiger partial charge in [0.15, 0.2) is 5.78 Å². The van der Waals surface area contributed by atoms with Gasteiger partial charge in [0.05, 0.1) is 28.3 Å². The molecular weight excluding hydrogens is 585 g/mol. The summed E-state index contributed by atoms with van der Waals surface area (Å²) in [5.74, 6) is -2.68. The van der Waals surface area contributed by atoms with Gasteiger partial charge in [-0.15, -0.1) is 0 Å². The molecule has 0 amide bonds. The van der Waals surface area contributed by atoms with E-state index in [-0.39, 0.29) is 66.0 Å². The van der Waals surface area contributed by atoms with E-state index in [4.69, 9.17) is 5.26 Å². The van der Waals surface area contributed by atoms with Gasteiger partial charge >= 0.3 is 18.5 Å². The van der Waals surface area contributed by atoms with Crippen LogP contribution in [-0.4, -0.2) is 10.9 Å². The Balaban J connectivity index is 0.00000512. The Bertz CT molecular complexity index is 1060. The number of aliphatic hydroxyl groups excluding tert-OH is 1. The number of hydrogen-bond acceptors (Lipinski definition) is 3. The van der Waals surface area contributed by atoms with Crippen molar-refractivity contribution in [2.75, 3.05) is 0 Å². The molecule has 0 aliphatic carbocycles. The van der Waals surface area contributed by atoms with Crippen LogP contribution in [0.3, 0.4) is 0 Å². The summed E-state index contributed by atoms with van der Waals surface area (Å²) in [6, 6.07) is 3.10. The molecule has 0 atom stereocenters. The van der Waals surface area contributed by atoms with Crippen LogP contribution in [0.5, 0.6) is 0 Å². The van der Waals surface area contributed by atoms with Crippen molar-refractivity contribution in [1.29, 1.82) is 5.26 Å². The Morgan fingerprint density at radius 3 is 1.72 bits per heavy atom. The SMILES string of the molecule is N#Cc1ccc(/C(O)=C/C(=O)c2cc(C(F)(F)F)cc(C(F)(F)F)c2)cc1C(F)(F)F.[Ce]. The van der Waals surface area contributed by atoms with E-state index in [0.29, 0.717) is 12.1 Å². The van der Waals surface area contributed by atoms with Gasteiger partial charge in [-0.25, -0.2) is 0 Å². The molecule has 0 aliphatic heterocycles. The average Bonchev–Trinajstić information content (AvgIpc) is 2.64. The minimum atomic E-state index is -5.23. The second-order valence-electron chi connectivity index (χ2n) is 6.06. The van der Waals surface area contributed by atoms with E-state index in [1.165, 1.54) is 6.07 Å². The van der Waals surface area contributed by atoms with Gasteiger partial charge in [-0.2, -0.15) is 44.8 Å². The summed E-state index contributed by atoms with van der Waals surface area (Å²) in [7, 11) is 0. The van der Waals surface area contributed by atoms with Gasteiger partial charge in [0.1, 0.15) is 5.76 Å². The van der Waals surface area contributed by atoms with Crippen molar-refractivity contribution in [2.45, 2.75) is 18.5 Å². The van der Waals surface area contributed by atoms with E-state index < -0.39 is 63.5 Å². The van der Waals surface area contributed by atoms with Crippen molar-refractivity contribution in [3.05, 3.63) is 75.9 Å².